The quantitative estimate of drug-likeness (QED) is 0.0821. The van der Waals surface area contributed by atoms with Crippen molar-refractivity contribution < 1.29 is 46.0 Å². The highest BCUT2D eigenvalue weighted by molar-refractivity contribution is 5.88. The monoisotopic (exact) mass is 540 g/mol. The molecular weight excluding hydrogens is 508 g/mol. The first-order valence-corrected chi connectivity index (χ1v) is 12.5. The number of carbonyl (C=O) groups excluding carboxylic acids is 1. The van der Waals surface area contributed by atoms with Crippen LogP contribution in [0.25, 0.3) is 6.08 Å². The third-order valence-corrected chi connectivity index (χ3v) is 6.07. The molecule has 0 saturated carbocycles. The maximum atomic E-state index is 13.7. The van der Waals surface area contributed by atoms with Crippen LogP contribution in [0.1, 0.15) is 44.6 Å². The molecule has 1 aliphatic rings. The molecule has 0 amide bonds. The summed E-state index contributed by atoms with van der Waals surface area (Å²) in [4.78, 5) is 12.0. The number of esters is 1. The molecule has 10 heteroatoms. The van der Waals surface area contributed by atoms with E-state index in [1.165, 1.54) is 6.08 Å². The fourth-order valence-corrected chi connectivity index (χ4v) is 3.66. The number of carbonyl (C=O) groups is 1. The molecule has 1 saturated heterocycles. The summed E-state index contributed by atoms with van der Waals surface area (Å²) in [6.07, 6.45) is 2.77. The fraction of sp³-hybridized carbons (Fsp3) is 0.464. The minimum absolute atomic E-state index is 0.233. The van der Waals surface area contributed by atoms with Crippen LogP contribution in [-0.2, 0) is 14.3 Å². The molecule has 0 bridgehead atoms. The van der Waals surface area contributed by atoms with Crippen LogP contribution in [0, 0.1) is 11.2 Å². The Kier molecular flexibility index (Phi) is 11.0. The van der Waals surface area contributed by atoms with Gasteiger partial charge in [-0.15, -0.1) is 13.2 Å². The first-order valence-electron chi connectivity index (χ1n) is 12.5. The minimum Gasteiger partial charge on any atom is -0.494 e. The lowest BCUT2D eigenvalue weighted by atomic mass is 9.84. The SMILES string of the molecule is CCC1(COCCCCCCOc2ccc(C=CC(=O)Oc3ccc(OC(F)(F)F)c(F)c3)cc2)COC1. The molecule has 0 N–H and O–H groups in total. The van der Waals surface area contributed by atoms with E-state index in [1.807, 2.05) is 0 Å². The molecule has 0 radical (unpaired) electrons. The van der Waals surface area contributed by atoms with Crippen LogP contribution in [-0.4, -0.2) is 45.4 Å². The van der Waals surface area contributed by atoms with E-state index in [9.17, 15) is 22.4 Å². The highest BCUT2D eigenvalue weighted by Crippen LogP contribution is 2.31. The second-order valence-corrected chi connectivity index (χ2v) is 9.13. The predicted octanol–water partition coefficient (Wildman–Crippen LogP) is 6.73. The van der Waals surface area contributed by atoms with E-state index < -0.39 is 23.9 Å². The van der Waals surface area contributed by atoms with Gasteiger partial charge in [0.05, 0.1) is 26.4 Å². The number of rotatable bonds is 15. The van der Waals surface area contributed by atoms with Crippen LogP contribution in [0.2, 0.25) is 0 Å². The van der Waals surface area contributed by atoms with Gasteiger partial charge >= 0.3 is 12.3 Å². The van der Waals surface area contributed by atoms with Crippen molar-refractivity contribution in [1.29, 1.82) is 0 Å². The molecule has 6 nitrogen and oxygen atoms in total. The van der Waals surface area contributed by atoms with E-state index in [0.29, 0.717) is 24.0 Å². The minimum atomic E-state index is -5.03. The Morgan fingerprint density at radius 1 is 1.00 bits per heavy atom. The molecule has 1 fully saturated rings. The third-order valence-electron chi connectivity index (χ3n) is 6.07. The third kappa shape index (κ3) is 9.98. The van der Waals surface area contributed by atoms with E-state index in [2.05, 4.69) is 11.7 Å². The maximum absolute atomic E-state index is 13.7. The number of hydrogen-bond donors (Lipinski definition) is 0. The Balaban J connectivity index is 1.29. The number of ether oxygens (including phenoxy) is 5. The van der Waals surface area contributed by atoms with Crippen molar-refractivity contribution in [2.45, 2.75) is 45.4 Å². The van der Waals surface area contributed by atoms with Crippen molar-refractivity contribution in [1.82, 2.24) is 0 Å². The van der Waals surface area contributed by atoms with Gasteiger partial charge in [0.15, 0.2) is 11.6 Å². The van der Waals surface area contributed by atoms with Gasteiger partial charge < -0.3 is 23.7 Å². The summed E-state index contributed by atoms with van der Waals surface area (Å²) >= 11 is 0. The Bertz CT molecular complexity index is 1040. The van der Waals surface area contributed by atoms with Crippen molar-refractivity contribution >= 4 is 12.0 Å². The average Bonchev–Trinajstić information content (AvgIpc) is 2.85. The molecule has 0 atom stereocenters. The van der Waals surface area contributed by atoms with Gasteiger partial charge in [0.1, 0.15) is 11.5 Å². The van der Waals surface area contributed by atoms with Gasteiger partial charge in [-0.2, -0.15) is 0 Å². The van der Waals surface area contributed by atoms with Crippen molar-refractivity contribution in [3.63, 3.8) is 0 Å². The second kappa shape index (κ2) is 14.2. The summed E-state index contributed by atoms with van der Waals surface area (Å²) < 4.78 is 75.7. The summed E-state index contributed by atoms with van der Waals surface area (Å²) in [6, 6.07) is 9.45. The van der Waals surface area contributed by atoms with E-state index in [1.54, 1.807) is 24.3 Å². The lowest BCUT2D eigenvalue weighted by Gasteiger charge is -2.40. The first-order chi connectivity index (χ1) is 18.2. The predicted molar refractivity (Wildman–Crippen MR) is 133 cm³/mol. The molecule has 3 rings (SSSR count). The van der Waals surface area contributed by atoms with Gasteiger partial charge in [-0.05, 0) is 61.6 Å². The molecule has 2 aromatic carbocycles. The van der Waals surface area contributed by atoms with Crippen molar-refractivity contribution in [3.05, 3.63) is 59.9 Å². The standard InChI is InChI=1S/C28H32F4O6/c1-2-27(19-35-20-27)18-34-15-5-3-4-6-16-36-22-10-7-21(8-11-22)9-14-26(33)37-23-12-13-25(24(29)17-23)38-28(30,31)32/h7-14,17H,2-6,15-16,18-20H2,1H3. The number of unbranched alkanes of at least 4 members (excludes halogenated alkanes) is 3. The molecule has 38 heavy (non-hydrogen) atoms. The summed E-state index contributed by atoms with van der Waals surface area (Å²) in [5, 5.41) is 0. The van der Waals surface area contributed by atoms with E-state index in [-0.39, 0.29) is 11.2 Å². The molecule has 208 valence electrons. The van der Waals surface area contributed by atoms with E-state index in [4.69, 9.17) is 18.9 Å². The molecule has 2 aromatic rings. The molecule has 1 aliphatic heterocycles. The Labute approximate surface area is 219 Å². The Morgan fingerprint density at radius 3 is 2.29 bits per heavy atom. The zero-order chi connectivity index (χ0) is 27.4. The van der Waals surface area contributed by atoms with Gasteiger partial charge in [-0.25, -0.2) is 9.18 Å². The van der Waals surface area contributed by atoms with Crippen molar-refractivity contribution in [3.8, 4) is 17.2 Å². The lowest BCUT2D eigenvalue weighted by Crippen LogP contribution is -2.45. The average molecular weight is 541 g/mol. The second-order valence-electron chi connectivity index (χ2n) is 9.13. The van der Waals surface area contributed by atoms with E-state index >= 15 is 0 Å². The topological polar surface area (TPSA) is 63.2 Å². The van der Waals surface area contributed by atoms with Crippen LogP contribution in [0.4, 0.5) is 17.6 Å². The molecule has 0 unspecified atom stereocenters. The smallest absolute Gasteiger partial charge is 0.494 e. The highest BCUT2D eigenvalue weighted by Gasteiger charge is 2.36. The van der Waals surface area contributed by atoms with E-state index in [0.717, 1.165) is 76.7 Å². The number of halogens is 4. The summed E-state index contributed by atoms with van der Waals surface area (Å²) in [5.74, 6) is -2.68. The zero-order valence-electron chi connectivity index (χ0n) is 21.2. The van der Waals surface area contributed by atoms with Crippen LogP contribution in [0.3, 0.4) is 0 Å². The first kappa shape index (κ1) is 29.4. The van der Waals surface area contributed by atoms with Gasteiger partial charge in [0.25, 0.3) is 0 Å². The van der Waals surface area contributed by atoms with Gasteiger partial charge in [-0.3, -0.25) is 0 Å². The largest absolute Gasteiger partial charge is 0.573 e. The summed E-state index contributed by atoms with van der Waals surface area (Å²) in [5.41, 5.74) is 0.935. The molecule has 0 aliphatic carbocycles. The number of hydrogen-bond acceptors (Lipinski definition) is 6. The lowest BCUT2D eigenvalue weighted by molar-refractivity contribution is -0.275. The Morgan fingerprint density at radius 2 is 1.68 bits per heavy atom. The van der Waals surface area contributed by atoms with Crippen LogP contribution >= 0.6 is 0 Å². The Hall–Kier alpha value is -3.11. The van der Waals surface area contributed by atoms with Crippen LogP contribution < -0.4 is 14.2 Å². The van der Waals surface area contributed by atoms with Crippen molar-refractivity contribution in [2.75, 3.05) is 33.0 Å². The van der Waals surface area contributed by atoms with Gasteiger partial charge in [0.2, 0.25) is 0 Å². The highest BCUT2D eigenvalue weighted by atomic mass is 19.4. The number of alkyl halides is 3. The van der Waals surface area contributed by atoms with Gasteiger partial charge in [0, 0.05) is 24.2 Å². The molecule has 1 heterocycles. The number of benzene rings is 2. The molecule has 0 aromatic heterocycles. The maximum Gasteiger partial charge on any atom is 0.573 e. The molecular formula is C28H32F4O6. The molecule has 0 spiro atoms. The van der Waals surface area contributed by atoms with Crippen molar-refractivity contribution in [2.24, 2.45) is 5.41 Å². The summed E-state index contributed by atoms with van der Waals surface area (Å²) in [6.45, 7) is 5.92. The fourth-order valence-electron chi connectivity index (χ4n) is 3.66. The van der Waals surface area contributed by atoms with Gasteiger partial charge in [-0.1, -0.05) is 25.5 Å². The van der Waals surface area contributed by atoms with Crippen LogP contribution in [0.15, 0.2) is 48.5 Å². The summed E-state index contributed by atoms with van der Waals surface area (Å²) in [7, 11) is 0. The van der Waals surface area contributed by atoms with Crippen LogP contribution in [0.5, 0.6) is 17.2 Å². The normalized spacial score (nSPS) is 14.8. The zero-order valence-corrected chi connectivity index (χ0v) is 21.2.